The number of rotatable bonds is 3. The second-order valence-electron chi connectivity index (χ2n) is 4.63. The van der Waals surface area contributed by atoms with E-state index in [0.717, 1.165) is 21.5 Å². The number of hydrogen-bond donors (Lipinski definition) is 1. The molecule has 1 aromatic heterocycles. The Bertz CT molecular complexity index is 645. The van der Waals surface area contributed by atoms with Crippen LogP contribution >= 0.6 is 39.1 Å². The van der Waals surface area contributed by atoms with Gasteiger partial charge >= 0.3 is 0 Å². The van der Waals surface area contributed by atoms with E-state index in [0.29, 0.717) is 15.9 Å². The lowest BCUT2D eigenvalue weighted by Gasteiger charge is -2.13. The molecule has 3 nitrogen and oxygen atoms in total. The molecular weight excluding hydrogens is 361 g/mol. The van der Waals surface area contributed by atoms with Gasteiger partial charge in [-0.2, -0.15) is 0 Å². The van der Waals surface area contributed by atoms with Crippen molar-refractivity contribution < 1.29 is 0 Å². The van der Waals surface area contributed by atoms with Crippen molar-refractivity contribution in [3.63, 3.8) is 0 Å². The molecule has 0 radical (unpaired) electrons. The van der Waals surface area contributed by atoms with E-state index >= 15 is 0 Å². The molecule has 20 heavy (non-hydrogen) atoms. The van der Waals surface area contributed by atoms with E-state index in [-0.39, 0.29) is 5.92 Å². The molecule has 2 rings (SSSR count). The van der Waals surface area contributed by atoms with Crippen molar-refractivity contribution in [1.29, 1.82) is 0 Å². The molecule has 0 spiro atoms. The van der Waals surface area contributed by atoms with Crippen molar-refractivity contribution >= 4 is 44.9 Å². The van der Waals surface area contributed by atoms with Crippen LogP contribution in [-0.2, 0) is 0 Å². The van der Waals surface area contributed by atoms with Gasteiger partial charge in [0.1, 0.15) is 5.82 Å². The summed E-state index contributed by atoms with van der Waals surface area (Å²) in [6, 6.07) is 5.39. The molecule has 2 aromatic rings. The maximum atomic E-state index is 6.06. The second-order valence-corrected chi connectivity index (χ2v) is 6.24. The highest BCUT2D eigenvalue weighted by Crippen LogP contribution is 2.33. The highest BCUT2D eigenvalue weighted by atomic mass is 79.9. The van der Waals surface area contributed by atoms with Gasteiger partial charge < -0.3 is 5.32 Å². The van der Waals surface area contributed by atoms with E-state index in [1.54, 1.807) is 12.1 Å². The van der Waals surface area contributed by atoms with Crippen LogP contribution in [0.1, 0.15) is 25.5 Å². The monoisotopic (exact) mass is 373 g/mol. The number of benzene rings is 1. The fraction of sp³-hybridized carbons (Fsp3) is 0.286. The molecule has 0 atom stereocenters. The van der Waals surface area contributed by atoms with Gasteiger partial charge in [0.15, 0.2) is 5.82 Å². The fourth-order valence-electron chi connectivity index (χ4n) is 1.78. The molecular formula is C14H14BrCl2N3. The van der Waals surface area contributed by atoms with Crippen LogP contribution in [0.3, 0.4) is 0 Å². The highest BCUT2D eigenvalue weighted by Gasteiger charge is 2.15. The van der Waals surface area contributed by atoms with Crippen LogP contribution in [0.25, 0.3) is 11.4 Å². The largest absolute Gasteiger partial charge is 0.372 e. The van der Waals surface area contributed by atoms with Crippen molar-refractivity contribution in [3.8, 4) is 11.4 Å². The standard InChI is InChI=1S/C14H14BrCl2N3/c1-7(2)12-11(15)14(18-3)20-13(19-12)8-4-5-9(16)10(17)6-8/h4-7H,1-3H3,(H,18,19,20). The molecule has 0 saturated heterocycles. The van der Waals surface area contributed by atoms with Gasteiger partial charge in [-0.05, 0) is 40.0 Å². The first kappa shape index (κ1) is 15.5. The average Bonchev–Trinajstić information content (AvgIpc) is 2.42. The molecule has 1 aromatic carbocycles. The lowest BCUT2D eigenvalue weighted by Crippen LogP contribution is -2.04. The van der Waals surface area contributed by atoms with E-state index in [1.165, 1.54) is 0 Å². The summed E-state index contributed by atoms with van der Waals surface area (Å²) < 4.78 is 0.888. The summed E-state index contributed by atoms with van der Waals surface area (Å²) in [5.74, 6) is 1.66. The predicted octanol–water partition coefficient (Wildman–Crippen LogP) is 5.38. The Balaban J connectivity index is 2.61. The van der Waals surface area contributed by atoms with E-state index in [1.807, 2.05) is 13.1 Å². The van der Waals surface area contributed by atoms with Gasteiger partial charge in [-0.25, -0.2) is 9.97 Å². The van der Waals surface area contributed by atoms with Gasteiger partial charge in [-0.3, -0.25) is 0 Å². The second kappa shape index (κ2) is 6.29. The Kier molecular flexibility index (Phi) is 4.89. The predicted molar refractivity (Wildman–Crippen MR) is 88.8 cm³/mol. The van der Waals surface area contributed by atoms with E-state index in [9.17, 15) is 0 Å². The highest BCUT2D eigenvalue weighted by molar-refractivity contribution is 9.10. The quantitative estimate of drug-likeness (QED) is 0.783. The third kappa shape index (κ3) is 3.08. The Morgan fingerprint density at radius 3 is 2.40 bits per heavy atom. The Morgan fingerprint density at radius 2 is 1.85 bits per heavy atom. The summed E-state index contributed by atoms with van der Waals surface area (Å²) in [7, 11) is 1.83. The molecule has 0 aliphatic carbocycles. The molecule has 0 fully saturated rings. The summed E-state index contributed by atoms with van der Waals surface area (Å²) >= 11 is 15.5. The Morgan fingerprint density at radius 1 is 1.15 bits per heavy atom. The van der Waals surface area contributed by atoms with Crippen molar-refractivity contribution in [1.82, 2.24) is 9.97 Å². The SMILES string of the molecule is CNc1nc(-c2ccc(Cl)c(Cl)c2)nc(C(C)C)c1Br. The van der Waals surface area contributed by atoms with Crippen LogP contribution in [0, 0.1) is 0 Å². The molecule has 0 aliphatic rings. The van der Waals surface area contributed by atoms with Crippen LogP contribution in [0.15, 0.2) is 22.7 Å². The molecule has 0 aliphatic heterocycles. The summed E-state index contributed by atoms with van der Waals surface area (Å²) in [5, 5.41) is 4.08. The number of hydrogen-bond acceptors (Lipinski definition) is 3. The van der Waals surface area contributed by atoms with E-state index in [4.69, 9.17) is 23.2 Å². The third-order valence-electron chi connectivity index (χ3n) is 2.84. The molecule has 0 unspecified atom stereocenters. The summed E-state index contributed by atoms with van der Waals surface area (Å²) in [5.41, 5.74) is 1.79. The van der Waals surface area contributed by atoms with Crippen molar-refractivity contribution in [2.75, 3.05) is 12.4 Å². The van der Waals surface area contributed by atoms with Crippen LogP contribution < -0.4 is 5.32 Å². The molecule has 106 valence electrons. The summed E-state index contributed by atoms with van der Waals surface area (Å²) in [6.45, 7) is 4.18. The zero-order valence-corrected chi connectivity index (χ0v) is 14.4. The average molecular weight is 375 g/mol. The first-order valence-corrected chi connectivity index (χ1v) is 7.69. The van der Waals surface area contributed by atoms with E-state index in [2.05, 4.69) is 45.1 Å². The van der Waals surface area contributed by atoms with Gasteiger partial charge in [-0.15, -0.1) is 0 Å². The lowest BCUT2D eigenvalue weighted by molar-refractivity contribution is 0.810. The van der Waals surface area contributed by atoms with Gasteiger partial charge in [0.05, 0.1) is 20.2 Å². The smallest absolute Gasteiger partial charge is 0.161 e. The van der Waals surface area contributed by atoms with E-state index < -0.39 is 0 Å². The molecule has 0 bridgehead atoms. The van der Waals surface area contributed by atoms with Gasteiger partial charge in [0.25, 0.3) is 0 Å². The number of anilines is 1. The fourth-order valence-corrected chi connectivity index (χ4v) is 2.91. The van der Waals surface area contributed by atoms with Crippen molar-refractivity contribution in [2.24, 2.45) is 0 Å². The zero-order valence-electron chi connectivity index (χ0n) is 11.3. The molecule has 0 saturated carbocycles. The number of nitrogens with one attached hydrogen (secondary N) is 1. The molecule has 6 heteroatoms. The van der Waals surface area contributed by atoms with Gasteiger partial charge in [0.2, 0.25) is 0 Å². The van der Waals surface area contributed by atoms with Gasteiger partial charge in [-0.1, -0.05) is 37.0 Å². The number of halogens is 3. The molecule has 1 N–H and O–H groups in total. The first-order valence-electron chi connectivity index (χ1n) is 6.14. The zero-order chi connectivity index (χ0) is 14.9. The summed E-state index contributed by atoms with van der Waals surface area (Å²) in [6.07, 6.45) is 0. The topological polar surface area (TPSA) is 37.8 Å². The summed E-state index contributed by atoms with van der Waals surface area (Å²) in [4.78, 5) is 9.13. The maximum Gasteiger partial charge on any atom is 0.161 e. The Labute approximate surface area is 136 Å². The van der Waals surface area contributed by atoms with Crippen LogP contribution in [0.5, 0.6) is 0 Å². The van der Waals surface area contributed by atoms with Crippen molar-refractivity contribution in [2.45, 2.75) is 19.8 Å². The third-order valence-corrected chi connectivity index (χ3v) is 4.36. The lowest BCUT2D eigenvalue weighted by atomic mass is 10.1. The van der Waals surface area contributed by atoms with Crippen LogP contribution in [-0.4, -0.2) is 17.0 Å². The number of nitrogens with zero attached hydrogens (tertiary/aromatic N) is 2. The number of aromatic nitrogens is 2. The molecule has 1 heterocycles. The maximum absolute atomic E-state index is 6.06. The minimum atomic E-state index is 0.279. The van der Waals surface area contributed by atoms with Crippen LogP contribution in [0.4, 0.5) is 5.82 Å². The van der Waals surface area contributed by atoms with Gasteiger partial charge in [0, 0.05) is 12.6 Å². The molecule has 0 amide bonds. The normalized spacial score (nSPS) is 10.9. The Hall–Kier alpha value is -0.840. The van der Waals surface area contributed by atoms with Crippen LogP contribution in [0.2, 0.25) is 10.0 Å². The van der Waals surface area contributed by atoms with Crippen molar-refractivity contribution in [3.05, 3.63) is 38.4 Å². The minimum absolute atomic E-state index is 0.279. The minimum Gasteiger partial charge on any atom is -0.372 e. The first-order chi connectivity index (χ1) is 9.43.